The Morgan fingerprint density at radius 3 is 2.17 bits per heavy atom. The number of ketones is 1. The standard InChI is InChI=1S/C19H19ClN2O6S/c1-11(23)13-4-7-15(8-5-13)22-18(24)12(2)28-19(25)14-6-9-16(20)17(10-14)29(26,27)21-3/h4-10,12,21H,1-3H3,(H,22,24). The fourth-order valence-corrected chi connectivity index (χ4v) is 3.51. The van der Waals surface area contributed by atoms with Crippen LogP contribution in [0.3, 0.4) is 0 Å². The number of anilines is 1. The number of halogens is 1. The number of carbonyl (C=O) groups is 3. The summed E-state index contributed by atoms with van der Waals surface area (Å²) in [6.45, 7) is 2.80. The summed E-state index contributed by atoms with van der Waals surface area (Å²) in [7, 11) is -2.66. The van der Waals surface area contributed by atoms with E-state index < -0.39 is 28.0 Å². The van der Waals surface area contributed by atoms with E-state index in [1.807, 2.05) is 0 Å². The van der Waals surface area contributed by atoms with Gasteiger partial charge in [-0.1, -0.05) is 11.6 Å². The van der Waals surface area contributed by atoms with Crippen LogP contribution in [0.2, 0.25) is 5.02 Å². The molecule has 154 valence electrons. The molecule has 0 aliphatic heterocycles. The summed E-state index contributed by atoms with van der Waals surface area (Å²) in [4.78, 5) is 35.6. The maximum atomic E-state index is 12.3. The van der Waals surface area contributed by atoms with Gasteiger partial charge in [-0.3, -0.25) is 9.59 Å². The number of nitrogens with one attached hydrogen (secondary N) is 2. The number of rotatable bonds is 7. The zero-order valence-electron chi connectivity index (χ0n) is 15.9. The number of benzene rings is 2. The number of carbonyl (C=O) groups excluding carboxylic acids is 3. The van der Waals surface area contributed by atoms with Gasteiger partial charge in [-0.15, -0.1) is 0 Å². The van der Waals surface area contributed by atoms with Crippen LogP contribution in [0.15, 0.2) is 47.4 Å². The van der Waals surface area contributed by atoms with E-state index in [9.17, 15) is 22.8 Å². The lowest BCUT2D eigenvalue weighted by molar-refractivity contribution is -0.123. The second-order valence-corrected chi connectivity index (χ2v) is 8.29. The Morgan fingerprint density at radius 1 is 1.03 bits per heavy atom. The Bertz CT molecular complexity index is 1050. The topological polar surface area (TPSA) is 119 Å². The molecule has 0 bridgehead atoms. The molecule has 8 nitrogen and oxygen atoms in total. The molecular weight excluding hydrogens is 420 g/mol. The van der Waals surface area contributed by atoms with Crippen LogP contribution in [0, 0.1) is 0 Å². The van der Waals surface area contributed by atoms with Crippen molar-refractivity contribution in [1.29, 1.82) is 0 Å². The molecule has 10 heteroatoms. The van der Waals surface area contributed by atoms with Gasteiger partial charge in [-0.2, -0.15) is 0 Å². The first-order chi connectivity index (χ1) is 13.5. The fraction of sp³-hybridized carbons (Fsp3) is 0.211. The van der Waals surface area contributed by atoms with Crippen LogP contribution in [-0.2, 0) is 19.6 Å². The smallest absolute Gasteiger partial charge is 0.338 e. The van der Waals surface area contributed by atoms with Crippen LogP contribution < -0.4 is 10.0 Å². The normalized spacial score (nSPS) is 12.1. The molecule has 0 fully saturated rings. The van der Waals surface area contributed by atoms with Crippen LogP contribution in [0.1, 0.15) is 34.6 Å². The third-order valence-corrected chi connectivity index (χ3v) is 5.83. The van der Waals surface area contributed by atoms with E-state index >= 15 is 0 Å². The second-order valence-electron chi connectivity index (χ2n) is 6.02. The van der Waals surface area contributed by atoms with Gasteiger partial charge >= 0.3 is 5.97 Å². The molecule has 1 unspecified atom stereocenters. The van der Waals surface area contributed by atoms with E-state index in [2.05, 4.69) is 10.0 Å². The fourth-order valence-electron chi connectivity index (χ4n) is 2.26. The van der Waals surface area contributed by atoms with Crippen molar-refractivity contribution in [3.8, 4) is 0 Å². The Balaban J connectivity index is 2.09. The largest absolute Gasteiger partial charge is 0.449 e. The SMILES string of the molecule is CNS(=O)(=O)c1cc(C(=O)OC(C)C(=O)Nc2ccc(C(C)=O)cc2)ccc1Cl. The predicted octanol–water partition coefficient (Wildman–Crippen LogP) is 2.63. The summed E-state index contributed by atoms with van der Waals surface area (Å²) in [6.07, 6.45) is -1.16. The van der Waals surface area contributed by atoms with E-state index in [1.54, 1.807) is 24.3 Å². The molecule has 0 spiro atoms. The quantitative estimate of drug-likeness (QED) is 0.506. The van der Waals surface area contributed by atoms with Gasteiger partial charge < -0.3 is 10.1 Å². The Kier molecular flexibility index (Phi) is 7.12. The average molecular weight is 439 g/mol. The number of ether oxygens (including phenoxy) is 1. The van der Waals surface area contributed by atoms with Crippen LogP contribution in [0.5, 0.6) is 0 Å². The number of sulfonamides is 1. The maximum Gasteiger partial charge on any atom is 0.338 e. The average Bonchev–Trinajstić information content (AvgIpc) is 2.68. The molecule has 2 rings (SSSR count). The highest BCUT2D eigenvalue weighted by Crippen LogP contribution is 2.23. The highest BCUT2D eigenvalue weighted by molar-refractivity contribution is 7.89. The van der Waals surface area contributed by atoms with Crippen molar-refractivity contribution >= 4 is 45.0 Å². The third-order valence-electron chi connectivity index (χ3n) is 3.94. The minimum Gasteiger partial charge on any atom is -0.449 e. The molecule has 0 aliphatic rings. The molecule has 0 saturated carbocycles. The van der Waals surface area contributed by atoms with Gasteiger partial charge in [0.2, 0.25) is 10.0 Å². The summed E-state index contributed by atoms with van der Waals surface area (Å²) >= 11 is 5.88. The van der Waals surface area contributed by atoms with Crippen LogP contribution in [0.25, 0.3) is 0 Å². The van der Waals surface area contributed by atoms with Crippen molar-refractivity contribution < 1.29 is 27.5 Å². The molecule has 29 heavy (non-hydrogen) atoms. The van der Waals surface area contributed by atoms with Gasteiger partial charge in [0.25, 0.3) is 5.91 Å². The number of hydrogen-bond acceptors (Lipinski definition) is 6. The monoisotopic (exact) mass is 438 g/mol. The van der Waals surface area contributed by atoms with Gasteiger partial charge in [0, 0.05) is 11.3 Å². The van der Waals surface area contributed by atoms with Crippen molar-refractivity contribution in [2.24, 2.45) is 0 Å². The minimum atomic E-state index is -3.87. The Labute approximate surface area is 173 Å². The van der Waals surface area contributed by atoms with Gasteiger partial charge in [0.1, 0.15) is 4.90 Å². The molecule has 2 N–H and O–H groups in total. The molecule has 2 aromatic rings. The number of Topliss-reactive ketones (excluding diaryl/α,β-unsaturated/α-hetero) is 1. The molecule has 2 aromatic carbocycles. The third kappa shape index (κ3) is 5.63. The van der Waals surface area contributed by atoms with Crippen LogP contribution in [-0.4, -0.2) is 39.2 Å². The first-order valence-corrected chi connectivity index (χ1v) is 10.3. The van der Waals surface area contributed by atoms with Gasteiger partial charge in [0.05, 0.1) is 10.6 Å². The van der Waals surface area contributed by atoms with Crippen molar-refractivity contribution in [3.63, 3.8) is 0 Å². The van der Waals surface area contributed by atoms with Gasteiger partial charge in [-0.05, 0) is 63.4 Å². The summed E-state index contributed by atoms with van der Waals surface area (Å²) < 4.78 is 31.1. The van der Waals surface area contributed by atoms with E-state index in [0.717, 1.165) is 6.07 Å². The highest BCUT2D eigenvalue weighted by Gasteiger charge is 2.22. The first-order valence-electron chi connectivity index (χ1n) is 8.41. The molecular formula is C19H19ClN2O6S. The van der Waals surface area contributed by atoms with E-state index in [1.165, 1.54) is 33.0 Å². The number of esters is 1. The first kappa shape index (κ1) is 22.5. The molecule has 0 aromatic heterocycles. The van der Waals surface area contributed by atoms with Gasteiger partial charge in [-0.25, -0.2) is 17.9 Å². The lowest BCUT2D eigenvalue weighted by atomic mass is 10.1. The Hall–Kier alpha value is -2.75. The lowest BCUT2D eigenvalue weighted by Crippen LogP contribution is -2.30. The van der Waals surface area contributed by atoms with Crippen molar-refractivity contribution in [3.05, 3.63) is 58.6 Å². The maximum absolute atomic E-state index is 12.3. The predicted molar refractivity (Wildman–Crippen MR) is 108 cm³/mol. The number of amides is 1. The summed E-state index contributed by atoms with van der Waals surface area (Å²) in [5.74, 6) is -1.58. The van der Waals surface area contributed by atoms with Crippen LogP contribution in [0.4, 0.5) is 5.69 Å². The lowest BCUT2D eigenvalue weighted by Gasteiger charge is -2.14. The van der Waals surface area contributed by atoms with Crippen molar-refractivity contribution in [1.82, 2.24) is 4.72 Å². The van der Waals surface area contributed by atoms with Crippen molar-refractivity contribution in [2.75, 3.05) is 12.4 Å². The summed E-state index contributed by atoms with van der Waals surface area (Å²) in [5, 5.41) is 2.50. The Morgan fingerprint density at radius 2 is 1.62 bits per heavy atom. The zero-order valence-corrected chi connectivity index (χ0v) is 17.4. The van der Waals surface area contributed by atoms with E-state index in [0.29, 0.717) is 11.3 Å². The van der Waals surface area contributed by atoms with Gasteiger partial charge in [0.15, 0.2) is 11.9 Å². The molecule has 1 amide bonds. The summed E-state index contributed by atoms with van der Waals surface area (Å²) in [5.41, 5.74) is 0.850. The summed E-state index contributed by atoms with van der Waals surface area (Å²) in [6, 6.07) is 9.85. The van der Waals surface area contributed by atoms with Crippen LogP contribution >= 0.6 is 11.6 Å². The second kappa shape index (κ2) is 9.17. The number of hydrogen-bond donors (Lipinski definition) is 2. The van der Waals surface area contributed by atoms with E-state index in [-0.39, 0.29) is 21.3 Å². The van der Waals surface area contributed by atoms with E-state index in [4.69, 9.17) is 16.3 Å². The molecule has 1 atom stereocenters. The zero-order chi connectivity index (χ0) is 21.8. The molecule has 0 aliphatic carbocycles. The molecule has 0 radical (unpaired) electrons. The molecule has 0 heterocycles. The minimum absolute atomic E-state index is 0.0595. The molecule has 0 saturated heterocycles. The highest BCUT2D eigenvalue weighted by atomic mass is 35.5. The van der Waals surface area contributed by atoms with Crippen molar-refractivity contribution in [2.45, 2.75) is 24.8 Å².